The predicted octanol–water partition coefficient (Wildman–Crippen LogP) is 4.02. The Labute approximate surface area is 124 Å². The van der Waals surface area contributed by atoms with Gasteiger partial charge in [0.2, 0.25) is 0 Å². The summed E-state index contributed by atoms with van der Waals surface area (Å²) in [4.78, 5) is 0. The van der Waals surface area contributed by atoms with E-state index in [0.717, 1.165) is 16.9 Å². The van der Waals surface area contributed by atoms with Crippen molar-refractivity contribution >= 4 is 11.6 Å². The molecule has 0 bridgehead atoms. The maximum Gasteiger partial charge on any atom is 0.161 e. The van der Waals surface area contributed by atoms with Crippen molar-refractivity contribution in [3.8, 4) is 17.2 Å². The summed E-state index contributed by atoms with van der Waals surface area (Å²) < 4.78 is 16.3. The van der Waals surface area contributed by atoms with E-state index in [0.29, 0.717) is 24.0 Å². The normalized spacial score (nSPS) is 10.2. The van der Waals surface area contributed by atoms with E-state index in [4.69, 9.17) is 25.8 Å². The first-order valence-electron chi connectivity index (χ1n) is 6.26. The van der Waals surface area contributed by atoms with Crippen LogP contribution < -0.4 is 14.2 Å². The third kappa shape index (κ3) is 3.36. The van der Waals surface area contributed by atoms with Gasteiger partial charge in [-0.05, 0) is 23.8 Å². The Kier molecular flexibility index (Phi) is 5.13. The Hall–Kier alpha value is -1.87. The molecule has 4 heteroatoms. The number of rotatable bonds is 6. The molecule has 0 heterocycles. The largest absolute Gasteiger partial charge is 0.493 e. The number of hydrogen-bond donors (Lipinski definition) is 0. The van der Waals surface area contributed by atoms with Crippen LogP contribution in [0, 0.1) is 0 Å². The van der Waals surface area contributed by atoms with Crippen LogP contribution in [-0.2, 0) is 12.5 Å². The van der Waals surface area contributed by atoms with Crippen LogP contribution in [0.15, 0.2) is 42.5 Å². The Morgan fingerprint density at radius 1 is 0.900 bits per heavy atom. The van der Waals surface area contributed by atoms with Crippen LogP contribution in [0.2, 0.25) is 0 Å². The van der Waals surface area contributed by atoms with Gasteiger partial charge in [0.05, 0.1) is 20.1 Å². The maximum absolute atomic E-state index is 5.88. The van der Waals surface area contributed by atoms with Crippen molar-refractivity contribution in [2.75, 3.05) is 14.2 Å². The number of hydrogen-bond acceptors (Lipinski definition) is 3. The lowest BCUT2D eigenvalue weighted by atomic mass is 10.2. The third-order valence-electron chi connectivity index (χ3n) is 2.96. The summed E-state index contributed by atoms with van der Waals surface area (Å²) in [5.41, 5.74) is 1.99. The van der Waals surface area contributed by atoms with E-state index in [-0.39, 0.29) is 0 Å². The summed E-state index contributed by atoms with van der Waals surface area (Å²) in [6, 6.07) is 13.5. The fourth-order valence-corrected chi connectivity index (χ4v) is 2.11. The second kappa shape index (κ2) is 7.06. The van der Waals surface area contributed by atoms with E-state index in [1.54, 1.807) is 14.2 Å². The molecule has 2 aromatic rings. The molecular formula is C16H17ClO3. The third-order valence-corrected chi connectivity index (χ3v) is 3.25. The summed E-state index contributed by atoms with van der Waals surface area (Å²) >= 11 is 5.88. The molecule has 0 atom stereocenters. The zero-order valence-electron chi connectivity index (χ0n) is 11.6. The van der Waals surface area contributed by atoms with Crippen LogP contribution in [0.3, 0.4) is 0 Å². The van der Waals surface area contributed by atoms with E-state index in [1.807, 2.05) is 42.5 Å². The Balaban J connectivity index is 2.11. The molecule has 0 spiro atoms. The molecule has 0 aromatic heterocycles. The summed E-state index contributed by atoms with van der Waals surface area (Å²) in [5.74, 6) is 2.64. The standard InChI is InChI=1S/C16H17ClO3/c1-18-15-8-7-12(9-16(15)19-2)11-20-14-6-4-3-5-13(14)10-17/h3-9H,10-11H2,1-2H3. The average Bonchev–Trinajstić information content (AvgIpc) is 2.52. The highest BCUT2D eigenvalue weighted by atomic mass is 35.5. The van der Waals surface area contributed by atoms with Gasteiger partial charge in [-0.25, -0.2) is 0 Å². The van der Waals surface area contributed by atoms with Crippen molar-refractivity contribution in [3.05, 3.63) is 53.6 Å². The predicted molar refractivity (Wildman–Crippen MR) is 79.9 cm³/mol. The molecular weight excluding hydrogens is 276 g/mol. The zero-order chi connectivity index (χ0) is 14.4. The summed E-state index contributed by atoms with van der Waals surface area (Å²) in [5, 5.41) is 0. The SMILES string of the molecule is COc1ccc(COc2ccccc2CCl)cc1OC. The molecule has 0 saturated heterocycles. The minimum Gasteiger partial charge on any atom is -0.493 e. The van der Waals surface area contributed by atoms with Gasteiger partial charge in [-0.2, -0.15) is 0 Å². The lowest BCUT2D eigenvalue weighted by Crippen LogP contribution is -1.99. The zero-order valence-corrected chi connectivity index (χ0v) is 12.3. The van der Waals surface area contributed by atoms with Crippen molar-refractivity contribution in [1.82, 2.24) is 0 Å². The van der Waals surface area contributed by atoms with E-state index in [2.05, 4.69) is 0 Å². The molecule has 0 aliphatic rings. The molecule has 106 valence electrons. The van der Waals surface area contributed by atoms with Gasteiger partial charge in [-0.15, -0.1) is 11.6 Å². The van der Waals surface area contributed by atoms with Crippen molar-refractivity contribution in [3.63, 3.8) is 0 Å². The molecule has 2 rings (SSSR count). The van der Waals surface area contributed by atoms with Crippen LogP contribution in [0.25, 0.3) is 0 Å². The van der Waals surface area contributed by atoms with Gasteiger partial charge in [-0.3, -0.25) is 0 Å². The highest BCUT2D eigenvalue weighted by Gasteiger charge is 2.06. The highest BCUT2D eigenvalue weighted by Crippen LogP contribution is 2.28. The van der Waals surface area contributed by atoms with Gasteiger partial charge in [0, 0.05) is 5.56 Å². The Bertz CT molecular complexity index is 569. The molecule has 0 N–H and O–H groups in total. The van der Waals surface area contributed by atoms with Crippen molar-refractivity contribution in [1.29, 1.82) is 0 Å². The van der Waals surface area contributed by atoms with E-state index >= 15 is 0 Å². The first-order chi connectivity index (χ1) is 9.78. The molecule has 0 aliphatic heterocycles. The number of ether oxygens (including phenoxy) is 3. The molecule has 0 radical (unpaired) electrons. The molecule has 2 aromatic carbocycles. The van der Waals surface area contributed by atoms with Gasteiger partial charge >= 0.3 is 0 Å². The quantitative estimate of drug-likeness (QED) is 0.753. The monoisotopic (exact) mass is 292 g/mol. The number of alkyl halides is 1. The number of benzene rings is 2. The second-order valence-corrected chi connectivity index (χ2v) is 4.49. The van der Waals surface area contributed by atoms with Crippen LogP contribution in [-0.4, -0.2) is 14.2 Å². The minimum absolute atomic E-state index is 0.433. The fourth-order valence-electron chi connectivity index (χ4n) is 1.89. The van der Waals surface area contributed by atoms with Gasteiger partial charge < -0.3 is 14.2 Å². The lowest BCUT2D eigenvalue weighted by molar-refractivity contribution is 0.301. The number of para-hydroxylation sites is 1. The Morgan fingerprint density at radius 3 is 2.35 bits per heavy atom. The van der Waals surface area contributed by atoms with Crippen molar-refractivity contribution in [2.24, 2.45) is 0 Å². The first kappa shape index (κ1) is 14.5. The van der Waals surface area contributed by atoms with Crippen molar-refractivity contribution < 1.29 is 14.2 Å². The average molecular weight is 293 g/mol. The molecule has 0 amide bonds. The maximum atomic E-state index is 5.88. The van der Waals surface area contributed by atoms with E-state index in [1.165, 1.54) is 0 Å². The second-order valence-electron chi connectivity index (χ2n) is 4.22. The molecule has 0 fully saturated rings. The van der Waals surface area contributed by atoms with Gasteiger partial charge in [0.1, 0.15) is 12.4 Å². The van der Waals surface area contributed by atoms with Crippen molar-refractivity contribution in [2.45, 2.75) is 12.5 Å². The Morgan fingerprint density at radius 2 is 1.65 bits per heavy atom. The van der Waals surface area contributed by atoms with Gasteiger partial charge in [0.15, 0.2) is 11.5 Å². The first-order valence-corrected chi connectivity index (χ1v) is 6.79. The van der Waals surface area contributed by atoms with E-state index in [9.17, 15) is 0 Å². The van der Waals surface area contributed by atoms with Crippen LogP contribution in [0.5, 0.6) is 17.2 Å². The van der Waals surface area contributed by atoms with Crippen LogP contribution >= 0.6 is 11.6 Å². The number of halogens is 1. The van der Waals surface area contributed by atoms with Gasteiger partial charge in [0.25, 0.3) is 0 Å². The van der Waals surface area contributed by atoms with Crippen LogP contribution in [0.1, 0.15) is 11.1 Å². The van der Waals surface area contributed by atoms with Gasteiger partial charge in [-0.1, -0.05) is 24.3 Å². The van der Waals surface area contributed by atoms with E-state index < -0.39 is 0 Å². The summed E-state index contributed by atoms with van der Waals surface area (Å²) in [6.07, 6.45) is 0. The van der Waals surface area contributed by atoms with Crippen LogP contribution in [0.4, 0.5) is 0 Å². The molecule has 0 aliphatic carbocycles. The summed E-state index contributed by atoms with van der Waals surface area (Å²) in [7, 11) is 3.23. The molecule has 3 nitrogen and oxygen atoms in total. The molecule has 0 unspecified atom stereocenters. The topological polar surface area (TPSA) is 27.7 Å². The lowest BCUT2D eigenvalue weighted by Gasteiger charge is -2.12. The fraction of sp³-hybridized carbons (Fsp3) is 0.250. The highest BCUT2D eigenvalue weighted by molar-refractivity contribution is 6.17. The number of methoxy groups -OCH3 is 2. The summed E-state index contributed by atoms with van der Waals surface area (Å²) in [6.45, 7) is 0.453. The minimum atomic E-state index is 0.433. The molecule has 0 saturated carbocycles. The smallest absolute Gasteiger partial charge is 0.161 e. The molecule has 20 heavy (non-hydrogen) atoms.